The summed E-state index contributed by atoms with van der Waals surface area (Å²) in [7, 11) is 0. The summed E-state index contributed by atoms with van der Waals surface area (Å²) in [6, 6.07) is 9.48. The molecule has 1 aromatic carbocycles. The number of H-pyrrole nitrogens is 1. The summed E-state index contributed by atoms with van der Waals surface area (Å²) in [6.45, 7) is 7.73. The molecule has 0 bridgehead atoms. The fraction of sp³-hybridized carbons (Fsp3) is 0.375. The van der Waals surface area contributed by atoms with E-state index < -0.39 is 0 Å². The van der Waals surface area contributed by atoms with Crippen LogP contribution in [-0.4, -0.2) is 21.3 Å². The van der Waals surface area contributed by atoms with E-state index in [0.29, 0.717) is 12.1 Å². The number of rotatable bonds is 2. The van der Waals surface area contributed by atoms with E-state index in [1.807, 2.05) is 51.1 Å². The lowest BCUT2D eigenvalue weighted by Gasteiger charge is -2.34. The zero-order valence-corrected chi connectivity index (χ0v) is 12.4. The van der Waals surface area contributed by atoms with Crippen molar-refractivity contribution in [2.45, 2.75) is 39.8 Å². The summed E-state index contributed by atoms with van der Waals surface area (Å²) in [6.07, 6.45) is 0. The van der Waals surface area contributed by atoms with Crippen LogP contribution in [0.5, 0.6) is 0 Å². The number of nitrogens with zero attached hydrogens (tertiary/aromatic N) is 1. The van der Waals surface area contributed by atoms with E-state index in [-0.39, 0.29) is 17.0 Å². The zero-order valence-electron chi connectivity index (χ0n) is 12.4. The molecule has 0 radical (unpaired) electrons. The molecule has 1 N–H and O–H groups in total. The van der Waals surface area contributed by atoms with Crippen molar-refractivity contribution in [3.8, 4) is 0 Å². The Morgan fingerprint density at radius 2 is 1.90 bits per heavy atom. The lowest BCUT2D eigenvalue weighted by Crippen LogP contribution is -2.44. The number of amides is 1. The van der Waals surface area contributed by atoms with Crippen LogP contribution in [0.3, 0.4) is 0 Å². The summed E-state index contributed by atoms with van der Waals surface area (Å²) >= 11 is 0. The number of fused-ring (bicyclic) bond motifs is 1. The van der Waals surface area contributed by atoms with Crippen LogP contribution in [0.2, 0.25) is 0 Å². The number of hydrogen-bond acceptors (Lipinski definition) is 2. The lowest BCUT2D eigenvalue weighted by atomic mass is 10.0. The van der Waals surface area contributed by atoms with Crippen molar-refractivity contribution < 1.29 is 4.79 Å². The van der Waals surface area contributed by atoms with Crippen LogP contribution in [0, 0.1) is 0 Å². The minimum absolute atomic E-state index is 0.0370. The third-order valence-corrected chi connectivity index (χ3v) is 3.35. The van der Waals surface area contributed by atoms with Crippen molar-refractivity contribution in [2.75, 3.05) is 0 Å². The molecule has 0 aliphatic heterocycles. The molecule has 2 aromatic rings. The molecule has 0 fully saturated rings. The molecule has 0 spiro atoms. The number of hydrogen-bond donors (Lipinski definition) is 1. The molecular formula is C16H20N2O2. The highest BCUT2D eigenvalue weighted by Gasteiger charge is 2.24. The van der Waals surface area contributed by atoms with Crippen molar-refractivity contribution in [2.24, 2.45) is 0 Å². The van der Waals surface area contributed by atoms with Crippen molar-refractivity contribution >= 4 is 16.8 Å². The molecule has 0 unspecified atom stereocenters. The molecule has 1 aromatic heterocycles. The molecule has 0 aliphatic rings. The van der Waals surface area contributed by atoms with Gasteiger partial charge in [-0.25, -0.2) is 0 Å². The number of aromatic amines is 1. The quantitative estimate of drug-likeness (QED) is 0.913. The number of pyridine rings is 1. The molecule has 0 aliphatic carbocycles. The summed E-state index contributed by atoms with van der Waals surface area (Å²) in [4.78, 5) is 28.5. The van der Waals surface area contributed by atoms with Gasteiger partial charge in [0.25, 0.3) is 5.56 Å². The van der Waals surface area contributed by atoms with E-state index in [1.165, 1.54) is 6.92 Å². The van der Waals surface area contributed by atoms with Crippen LogP contribution < -0.4 is 5.56 Å². The Hall–Kier alpha value is -2.10. The summed E-state index contributed by atoms with van der Waals surface area (Å²) in [5.41, 5.74) is 0.962. The Kier molecular flexibility index (Phi) is 3.66. The Balaban J connectivity index is 2.45. The first-order chi connectivity index (χ1) is 9.29. The van der Waals surface area contributed by atoms with Gasteiger partial charge >= 0.3 is 0 Å². The monoisotopic (exact) mass is 272 g/mol. The van der Waals surface area contributed by atoms with E-state index in [2.05, 4.69) is 4.98 Å². The van der Waals surface area contributed by atoms with E-state index >= 15 is 0 Å². The van der Waals surface area contributed by atoms with Gasteiger partial charge < -0.3 is 9.88 Å². The number of carbonyl (C=O) groups excluding carboxylic acids is 1. The average Bonchev–Trinajstić information content (AvgIpc) is 2.34. The topological polar surface area (TPSA) is 53.2 Å². The summed E-state index contributed by atoms with van der Waals surface area (Å²) < 4.78 is 0. The van der Waals surface area contributed by atoms with Crippen molar-refractivity contribution in [1.82, 2.24) is 9.88 Å². The number of carbonyl (C=O) groups is 1. The molecule has 0 atom stereocenters. The summed E-state index contributed by atoms with van der Waals surface area (Å²) in [5, 5.41) is 0.972. The average molecular weight is 272 g/mol. The fourth-order valence-electron chi connectivity index (χ4n) is 2.30. The number of aromatic nitrogens is 1. The van der Waals surface area contributed by atoms with Gasteiger partial charge in [0.2, 0.25) is 5.91 Å². The van der Waals surface area contributed by atoms with Crippen LogP contribution >= 0.6 is 0 Å². The molecule has 20 heavy (non-hydrogen) atoms. The largest absolute Gasteiger partial charge is 0.334 e. The zero-order chi connectivity index (χ0) is 14.9. The van der Waals surface area contributed by atoms with Gasteiger partial charge in [-0.3, -0.25) is 9.59 Å². The Morgan fingerprint density at radius 3 is 2.50 bits per heavy atom. The second-order valence-electron chi connectivity index (χ2n) is 5.99. The third-order valence-electron chi connectivity index (χ3n) is 3.35. The predicted octanol–water partition coefficient (Wildman–Crippen LogP) is 2.68. The second kappa shape index (κ2) is 5.12. The van der Waals surface area contributed by atoms with Gasteiger partial charge in [-0.2, -0.15) is 0 Å². The number of benzene rings is 1. The number of nitrogens with one attached hydrogen (secondary N) is 1. The van der Waals surface area contributed by atoms with Gasteiger partial charge in [0, 0.05) is 23.5 Å². The highest BCUT2D eigenvalue weighted by Crippen LogP contribution is 2.18. The molecule has 0 saturated carbocycles. The minimum atomic E-state index is -0.316. The molecule has 4 heteroatoms. The molecule has 2 rings (SSSR count). The smallest absolute Gasteiger partial charge is 0.253 e. The first-order valence-electron chi connectivity index (χ1n) is 6.68. The van der Waals surface area contributed by atoms with E-state index in [9.17, 15) is 9.59 Å². The Labute approximate surface area is 118 Å². The standard InChI is InChI=1S/C16H20N2O2/c1-11(19)18(16(2,3)4)10-13-9-12-7-5-6-8-14(12)17-15(13)20/h5-9H,10H2,1-4H3,(H,17,20). The molecule has 1 heterocycles. The number of para-hydroxylation sites is 1. The van der Waals surface area contributed by atoms with Gasteiger partial charge in [0.1, 0.15) is 0 Å². The minimum Gasteiger partial charge on any atom is -0.334 e. The maximum atomic E-state index is 12.1. The van der Waals surface area contributed by atoms with Crippen LogP contribution in [0.25, 0.3) is 10.9 Å². The normalized spacial score (nSPS) is 11.6. The van der Waals surface area contributed by atoms with E-state index in [1.54, 1.807) is 4.90 Å². The van der Waals surface area contributed by atoms with Crippen LogP contribution in [0.4, 0.5) is 0 Å². The maximum absolute atomic E-state index is 12.1. The summed E-state index contributed by atoms with van der Waals surface area (Å²) in [5.74, 6) is -0.0370. The predicted molar refractivity (Wildman–Crippen MR) is 80.5 cm³/mol. The Bertz CT molecular complexity index is 695. The van der Waals surface area contributed by atoms with E-state index in [4.69, 9.17) is 0 Å². The second-order valence-corrected chi connectivity index (χ2v) is 5.99. The third kappa shape index (κ3) is 2.90. The van der Waals surface area contributed by atoms with Gasteiger partial charge in [-0.05, 0) is 38.3 Å². The van der Waals surface area contributed by atoms with Crippen LogP contribution in [0.15, 0.2) is 35.1 Å². The van der Waals surface area contributed by atoms with Crippen LogP contribution in [-0.2, 0) is 11.3 Å². The van der Waals surface area contributed by atoms with Crippen molar-refractivity contribution in [3.63, 3.8) is 0 Å². The van der Waals surface area contributed by atoms with Gasteiger partial charge in [0.15, 0.2) is 0 Å². The van der Waals surface area contributed by atoms with Crippen LogP contribution in [0.1, 0.15) is 33.3 Å². The highest BCUT2D eigenvalue weighted by atomic mass is 16.2. The van der Waals surface area contributed by atoms with Gasteiger partial charge in [0.05, 0.1) is 6.54 Å². The van der Waals surface area contributed by atoms with Crippen molar-refractivity contribution in [1.29, 1.82) is 0 Å². The highest BCUT2D eigenvalue weighted by molar-refractivity contribution is 5.79. The van der Waals surface area contributed by atoms with E-state index in [0.717, 1.165) is 10.9 Å². The lowest BCUT2D eigenvalue weighted by molar-refractivity contribution is -0.134. The molecule has 4 nitrogen and oxygen atoms in total. The first-order valence-corrected chi connectivity index (χ1v) is 6.68. The molecule has 0 saturated heterocycles. The molecule has 106 valence electrons. The molecule has 1 amide bonds. The molecular weight excluding hydrogens is 252 g/mol. The van der Waals surface area contributed by atoms with Gasteiger partial charge in [-0.1, -0.05) is 18.2 Å². The fourth-order valence-corrected chi connectivity index (χ4v) is 2.30. The first kappa shape index (κ1) is 14.3. The SMILES string of the molecule is CC(=O)N(Cc1cc2ccccc2[nH]c1=O)C(C)(C)C. The Morgan fingerprint density at radius 1 is 1.25 bits per heavy atom. The van der Waals surface area contributed by atoms with Gasteiger partial charge in [-0.15, -0.1) is 0 Å². The van der Waals surface area contributed by atoms with Crippen molar-refractivity contribution in [3.05, 3.63) is 46.2 Å². The maximum Gasteiger partial charge on any atom is 0.253 e.